The van der Waals surface area contributed by atoms with Gasteiger partial charge in [0.1, 0.15) is 0 Å². The lowest BCUT2D eigenvalue weighted by Gasteiger charge is -2.00. The smallest absolute Gasteiger partial charge is 0.251 e. The maximum atomic E-state index is 11.2. The van der Waals surface area contributed by atoms with Crippen molar-refractivity contribution in [3.8, 4) is 21.7 Å². The first-order valence-corrected chi connectivity index (χ1v) is 7.96. The van der Waals surface area contributed by atoms with E-state index in [9.17, 15) is 4.79 Å². The van der Waals surface area contributed by atoms with E-state index in [0.29, 0.717) is 10.6 Å². The van der Waals surface area contributed by atoms with Crippen LogP contribution in [-0.4, -0.2) is 10.9 Å². The zero-order valence-electron chi connectivity index (χ0n) is 11.3. The van der Waals surface area contributed by atoms with Crippen molar-refractivity contribution >= 4 is 33.6 Å². The molecule has 21 heavy (non-hydrogen) atoms. The number of nitrogen functional groups attached to an aromatic ring is 1. The van der Waals surface area contributed by atoms with Crippen LogP contribution in [0.1, 0.15) is 15.4 Å². The molecule has 0 spiro atoms. The van der Waals surface area contributed by atoms with Crippen molar-refractivity contribution in [1.29, 1.82) is 0 Å². The fraction of sp³-hybridized carbons (Fsp3) is 0.0667. The van der Waals surface area contributed by atoms with E-state index in [2.05, 4.69) is 4.98 Å². The van der Waals surface area contributed by atoms with Crippen molar-refractivity contribution in [3.63, 3.8) is 0 Å². The number of thiophene rings is 1. The van der Waals surface area contributed by atoms with Crippen molar-refractivity contribution in [2.75, 3.05) is 5.73 Å². The number of anilines is 1. The molecule has 3 aromatic rings. The van der Waals surface area contributed by atoms with Crippen LogP contribution in [0.25, 0.3) is 21.7 Å². The topological polar surface area (TPSA) is 82.0 Å². The van der Waals surface area contributed by atoms with Crippen LogP contribution in [0, 0.1) is 6.92 Å². The Labute approximate surface area is 130 Å². The molecule has 0 fully saturated rings. The monoisotopic (exact) mass is 315 g/mol. The number of benzene rings is 1. The van der Waals surface area contributed by atoms with Crippen LogP contribution < -0.4 is 11.5 Å². The fourth-order valence-electron chi connectivity index (χ4n) is 2.04. The molecule has 0 unspecified atom stereocenters. The summed E-state index contributed by atoms with van der Waals surface area (Å²) in [7, 11) is 0. The summed E-state index contributed by atoms with van der Waals surface area (Å²) in [5.74, 6) is -0.496. The third-order valence-electron chi connectivity index (χ3n) is 3.11. The number of hydrogen-bond donors (Lipinski definition) is 2. The molecule has 1 amide bonds. The molecule has 6 heteroatoms. The summed E-state index contributed by atoms with van der Waals surface area (Å²) in [6.07, 6.45) is 0. The molecule has 2 aromatic heterocycles. The highest BCUT2D eigenvalue weighted by Gasteiger charge is 2.12. The first-order valence-electron chi connectivity index (χ1n) is 6.26. The van der Waals surface area contributed by atoms with Crippen LogP contribution >= 0.6 is 22.7 Å². The van der Waals surface area contributed by atoms with Gasteiger partial charge >= 0.3 is 0 Å². The van der Waals surface area contributed by atoms with Crippen LogP contribution in [0.4, 0.5) is 5.00 Å². The second-order valence-electron chi connectivity index (χ2n) is 4.58. The van der Waals surface area contributed by atoms with Crippen LogP contribution in [-0.2, 0) is 0 Å². The average Bonchev–Trinajstić information content (AvgIpc) is 3.05. The van der Waals surface area contributed by atoms with Gasteiger partial charge in [-0.05, 0) is 18.6 Å². The maximum Gasteiger partial charge on any atom is 0.251 e. The highest BCUT2D eigenvalue weighted by molar-refractivity contribution is 7.19. The Kier molecular flexibility index (Phi) is 3.48. The standard InChI is InChI=1S/C15H13N3OS2/c1-8-18-12(7-20-8)9-2-4-10(5-3-9)13-6-11(14(16)19)15(17)21-13/h2-7H,17H2,1H3,(H2,16,19). The highest BCUT2D eigenvalue weighted by atomic mass is 32.1. The summed E-state index contributed by atoms with van der Waals surface area (Å²) in [5, 5.41) is 3.54. The van der Waals surface area contributed by atoms with Gasteiger partial charge in [0, 0.05) is 15.8 Å². The molecule has 0 aliphatic heterocycles. The van der Waals surface area contributed by atoms with Gasteiger partial charge in [0.15, 0.2) is 0 Å². The van der Waals surface area contributed by atoms with Crippen LogP contribution in [0.15, 0.2) is 35.7 Å². The van der Waals surface area contributed by atoms with Gasteiger partial charge in [-0.3, -0.25) is 4.79 Å². The Bertz CT molecular complexity index is 803. The van der Waals surface area contributed by atoms with Gasteiger partial charge in [-0.2, -0.15) is 0 Å². The highest BCUT2D eigenvalue weighted by Crippen LogP contribution is 2.34. The molecular formula is C15H13N3OS2. The largest absolute Gasteiger partial charge is 0.390 e. The second-order valence-corrected chi connectivity index (χ2v) is 6.73. The average molecular weight is 315 g/mol. The minimum absolute atomic E-state index is 0.384. The van der Waals surface area contributed by atoms with E-state index in [1.54, 1.807) is 17.4 Å². The molecule has 0 atom stereocenters. The molecule has 0 saturated heterocycles. The summed E-state index contributed by atoms with van der Waals surface area (Å²) < 4.78 is 0. The van der Waals surface area contributed by atoms with E-state index in [4.69, 9.17) is 11.5 Å². The van der Waals surface area contributed by atoms with Gasteiger partial charge in [-0.1, -0.05) is 24.3 Å². The summed E-state index contributed by atoms with van der Waals surface area (Å²) in [4.78, 5) is 16.6. The van der Waals surface area contributed by atoms with Crippen molar-refractivity contribution in [1.82, 2.24) is 4.98 Å². The van der Waals surface area contributed by atoms with Crippen LogP contribution in [0.3, 0.4) is 0 Å². The maximum absolute atomic E-state index is 11.2. The summed E-state index contributed by atoms with van der Waals surface area (Å²) >= 11 is 3.00. The molecule has 4 N–H and O–H groups in total. The van der Waals surface area contributed by atoms with Gasteiger partial charge in [0.05, 0.1) is 21.3 Å². The Hall–Kier alpha value is -2.18. The normalized spacial score (nSPS) is 10.7. The van der Waals surface area contributed by atoms with E-state index in [1.807, 2.05) is 36.6 Å². The fourth-order valence-corrected chi connectivity index (χ4v) is 3.60. The number of hydrogen-bond acceptors (Lipinski definition) is 5. The van der Waals surface area contributed by atoms with Gasteiger partial charge in [-0.15, -0.1) is 22.7 Å². The van der Waals surface area contributed by atoms with Crippen LogP contribution in [0.2, 0.25) is 0 Å². The summed E-state index contributed by atoms with van der Waals surface area (Å²) in [6.45, 7) is 1.99. The number of nitrogens with zero attached hydrogens (tertiary/aromatic N) is 1. The van der Waals surface area contributed by atoms with Gasteiger partial charge < -0.3 is 11.5 Å². The molecule has 2 heterocycles. The van der Waals surface area contributed by atoms with E-state index >= 15 is 0 Å². The lowest BCUT2D eigenvalue weighted by molar-refractivity contribution is 0.100. The molecular weight excluding hydrogens is 302 g/mol. The third kappa shape index (κ3) is 2.68. The number of nitrogens with two attached hydrogens (primary N) is 2. The van der Waals surface area contributed by atoms with E-state index < -0.39 is 5.91 Å². The van der Waals surface area contributed by atoms with E-state index in [-0.39, 0.29) is 0 Å². The zero-order chi connectivity index (χ0) is 15.0. The second kappa shape index (κ2) is 5.31. The van der Waals surface area contributed by atoms with E-state index in [0.717, 1.165) is 26.7 Å². The Morgan fingerprint density at radius 3 is 2.38 bits per heavy atom. The van der Waals surface area contributed by atoms with Gasteiger partial charge in [-0.25, -0.2) is 4.98 Å². The zero-order valence-corrected chi connectivity index (χ0v) is 12.9. The minimum Gasteiger partial charge on any atom is -0.390 e. The number of carbonyl (C=O) groups is 1. The molecule has 0 aliphatic carbocycles. The molecule has 4 nitrogen and oxygen atoms in total. The van der Waals surface area contributed by atoms with Crippen molar-refractivity contribution in [3.05, 3.63) is 46.3 Å². The molecule has 0 bridgehead atoms. The third-order valence-corrected chi connectivity index (χ3v) is 4.90. The van der Waals surface area contributed by atoms with Gasteiger partial charge in [0.2, 0.25) is 0 Å². The number of rotatable bonds is 3. The molecule has 3 rings (SSSR count). The molecule has 0 radical (unpaired) electrons. The van der Waals surface area contributed by atoms with Gasteiger partial charge in [0.25, 0.3) is 5.91 Å². The first-order chi connectivity index (χ1) is 10.0. The predicted molar refractivity (Wildman–Crippen MR) is 88.5 cm³/mol. The minimum atomic E-state index is -0.496. The molecule has 0 saturated carbocycles. The number of amides is 1. The summed E-state index contributed by atoms with van der Waals surface area (Å²) in [5.41, 5.74) is 14.5. The molecule has 1 aromatic carbocycles. The Morgan fingerprint density at radius 2 is 1.86 bits per heavy atom. The van der Waals surface area contributed by atoms with Crippen molar-refractivity contribution in [2.24, 2.45) is 5.73 Å². The predicted octanol–water partition coefficient (Wildman–Crippen LogP) is 3.53. The van der Waals surface area contributed by atoms with Crippen LogP contribution in [0.5, 0.6) is 0 Å². The molecule has 106 valence electrons. The quantitative estimate of drug-likeness (QED) is 0.775. The Balaban J connectivity index is 1.94. The lowest BCUT2D eigenvalue weighted by atomic mass is 10.1. The number of carbonyl (C=O) groups excluding carboxylic acids is 1. The molecule has 0 aliphatic rings. The Morgan fingerprint density at radius 1 is 1.19 bits per heavy atom. The lowest BCUT2D eigenvalue weighted by Crippen LogP contribution is -2.11. The summed E-state index contributed by atoms with van der Waals surface area (Å²) in [6, 6.07) is 9.78. The number of primary amides is 1. The van der Waals surface area contributed by atoms with Crippen molar-refractivity contribution in [2.45, 2.75) is 6.92 Å². The van der Waals surface area contributed by atoms with E-state index in [1.165, 1.54) is 11.3 Å². The number of aromatic nitrogens is 1. The SMILES string of the molecule is Cc1nc(-c2ccc(-c3cc(C(N)=O)c(N)s3)cc2)cs1. The number of aryl methyl sites for hydroxylation is 1. The first kappa shape index (κ1) is 13.8. The number of thiazole rings is 1. The van der Waals surface area contributed by atoms with Crippen molar-refractivity contribution < 1.29 is 4.79 Å².